The van der Waals surface area contributed by atoms with Gasteiger partial charge in [0.25, 0.3) is 0 Å². The zero-order chi connectivity index (χ0) is 14.7. The van der Waals surface area contributed by atoms with Gasteiger partial charge >= 0.3 is 0 Å². The SMILES string of the molecule is Cn1cc(Br)c(/C=C/C(=O)/C=C/c2nn(C)cc2Br)n1. The van der Waals surface area contributed by atoms with Crippen LogP contribution in [0.4, 0.5) is 0 Å². The maximum absolute atomic E-state index is 11.8. The molecular weight excluding hydrogens is 388 g/mol. The van der Waals surface area contributed by atoms with Crippen LogP contribution >= 0.6 is 31.9 Å². The first kappa shape index (κ1) is 14.9. The van der Waals surface area contributed by atoms with Gasteiger partial charge in [0.2, 0.25) is 0 Å². The molecular formula is C13H12Br2N4O. The van der Waals surface area contributed by atoms with Gasteiger partial charge in [0.15, 0.2) is 5.78 Å². The summed E-state index contributed by atoms with van der Waals surface area (Å²) < 4.78 is 5.05. The monoisotopic (exact) mass is 398 g/mol. The summed E-state index contributed by atoms with van der Waals surface area (Å²) in [7, 11) is 3.64. The molecule has 7 heteroatoms. The summed E-state index contributed by atoms with van der Waals surface area (Å²) in [6.07, 6.45) is 9.94. The molecule has 0 amide bonds. The van der Waals surface area contributed by atoms with Crippen molar-refractivity contribution in [2.75, 3.05) is 0 Å². The van der Waals surface area contributed by atoms with Crippen molar-refractivity contribution in [3.63, 3.8) is 0 Å². The van der Waals surface area contributed by atoms with E-state index in [2.05, 4.69) is 42.1 Å². The number of nitrogens with zero attached hydrogens (tertiary/aromatic N) is 4. The number of halogens is 2. The lowest BCUT2D eigenvalue weighted by Crippen LogP contribution is -1.89. The van der Waals surface area contributed by atoms with Crippen LogP contribution in [-0.4, -0.2) is 25.3 Å². The van der Waals surface area contributed by atoms with Gasteiger partial charge in [0.1, 0.15) is 0 Å². The van der Waals surface area contributed by atoms with E-state index in [4.69, 9.17) is 0 Å². The van der Waals surface area contributed by atoms with Crippen LogP contribution in [0.1, 0.15) is 11.4 Å². The second-order valence-electron chi connectivity index (χ2n) is 4.14. The second-order valence-corrected chi connectivity index (χ2v) is 5.85. The minimum Gasteiger partial charge on any atom is -0.290 e. The number of rotatable bonds is 4. The molecule has 0 N–H and O–H groups in total. The number of aromatic nitrogens is 4. The summed E-state index contributed by atoms with van der Waals surface area (Å²) in [6.45, 7) is 0. The van der Waals surface area contributed by atoms with E-state index < -0.39 is 0 Å². The summed E-state index contributed by atoms with van der Waals surface area (Å²) in [6, 6.07) is 0. The van der Waals surface area contributed by atoms with Crippen molar-refractivity contribution in [1.29, 1.82) is 0 Å². The molecule has 0 spiro atoms. The van der Waals surface area contributed by atoms with E-state index in [1.807, 2.05) is 26.5 Å². The fourth-order valence-electron chi connectivity index (χ4n) is 1.56. The lowest BCUT2D eigenvalue weighted by molar-refractivity contribution is -0.110. The number of hydrogen-bond acceptors (Lipinski definition) is 3. The number of ketones is 1. The van der Waals surface area contributed by atoms with Gasteiger partial charge in [-0.3, -0.25) is 14.2 Å². The van der Waals surface area contributed by atoms with Gasteiger partial charge in [0.05, 0.1) is 20.3 Å². The van der Waals surface area contributed by atoms with Crippen LogP contribution in [0.25, 0.3) is 12.2 Å². The standard InChI is InChI=1S/C13H12Br2N4O/c1-18-7-10(14)12(16-18)5-3-9(20)4-6-13-11(15)8-19(2)17-13/h3-8H,1-2H3/b5-3+,6-4+. The zero-order valence-corrected chi connectivity index (χ0v) is 14.1. The average molecular weight is 400 g/mol. The third-order valence-corrected chi connectivity index (χ3v) is 3.65. The van der Waals surface area contributed by atoms with Crippen LogP contribution in [0.3, 0.4) is 0 Å². The van der Waals surface area contributed by atoms with Gasteiger partial charge in [-0.15, -0.1) is 0 Å². The fourth-order valence-corrected chi connectivity index (χ4v) is 2.57. The molecule has 2 aromatic heterocycles. The Kier molecular flexibility index (Phi) is 4.72. The Bertz CT molecular complexity index is 639. The van der Waals surface area contributed by atoms with E-state index >= 15 is 0 Å². The summed E-state index contributed by atoms with van der Waals surface area (Å²) in [4.78, 5) is 11.8. The summed E-state index contributed by atoms with van der Waals surface area (Å²) in [5, 5.41) is 8.40. The van der Waals surface area contributed by atoms with Crippen molar-refractivity contribution < 1.29 is 4.79 Å². The molecule has 5 nitrogen and oxygen atoms in total. The molecule has 0 fully saturated rings. The maximum Gasteiger partial charge on any atom is 0.178 e. The Labute approximate surface area is 133 Å². The van der Waals surface area contributed by atoms with Crippen LogP contribution in [0.5, 0.6) is 0 Å². The van der Waals surface area contributed by atoms with Gasteiger partial charge in [-0.05, 0) is 56.2 Å². The smallest absolute Gasteiger partial charge is 0.178 e. The molecule has 0 aliphatic heterocycles. The first-order valence-electron chi connectivity index (χ1n) is 5.74. The summed E-state index contributed by atoms with van der Waals surface area (Å²) >= 11 is 6.74. The van der Waals surface area contributed by atoms with E-state index in [1.165, 1.54) is 12.2 Å². The van der Waals surface area contributed by atoms with Crippen LogP contribution in [-0.2, 0) is 18.9 Å². The maximum atomic E-state index is 11.8. The minimum atomic E-state index is -0.125. The Balaban J connectivity index is 2.06. The summed E-state index contributed by atoms with van der Waals surface area (Å²) in [5.41, 5.74) is 1.43. The number of hydrogen-bond donors (Lipinski definition) is 0. The molecule has 0 bridgehead atoms. The molecule has 0 aliphatic carbocycles. The first-order chi connectivity index (χ1) is 9.45. The predicted molar refractivity (Wildman–Crippen MR) is 84.9 cm³/mol. The van der Waals surface area contributed by atoms with Crippen molar-refractivity contribution in [3.8, 4) is 0 Å². The molecule has 0 saturated carbocycles. The topological polar surface area (TPSA) is 52.7 Å². The van der Waals surface area contributed by atoms with Crippen molar-refractivity contribution in [2.24, 2.45) is 14.1 Å². The zero-order valence-electron chi connectivity index (χ0n) is 10.9. The predicted octanol–water partition coefficient (Wildman–Crippen LogP) is 2.97. The van der Waals surface area contributed by atoms with Crippen LogP contribution < -0.4 is 0 Å². The van der Waals surface area contributed by atoms with Gasteiger partial charge in [-0.2, -0.15) is 10.2 Å². The molecule has 0 atom stereocenters. The van der Waals surface area contributed by atoms with E-state index in [9.17, 15) is 4.79 Å². The highest BCUT2D eigenvalue weighted by molar-refractivity contribution is 9.10. The van der Waals surface area contributed by atoms with Crippen molar-refractivity contribution in [2.45, 2.75) is 0 Å². The van der Waals surface area contributed by atoms with Crippen LogP contribution in [0.15, 0.2) is 33.5 Å². The molecule has 2 aromatic rings. The molecule has 0 aromatic carbocycles. The lowest BCUT2D eigenvalue weighted by Gasteiger charge is -1.87. The molecule has 2 rings (SSSR count). The summed E-state index contributed by atoms with van der Waals surface area (Å²) in [5.74, 6) is -0.125. The van der Waals surface area contributed by atoms with Gasteiger partial charge in [0, 0.05) is 26.5 Å². The van der Waals surface area contributed by atoms with E-state index in [0.29, 0.717) is 11.4 Å². The molecule has 0 radical (unpaired) electrons. The lowest BCUT2D eigenvalue weighted by atomic mass is 10.2. The first-order valence-corrected chi connectivity index (χ1v) is 7.32. The number of carbonyl (C=O) groups excluding carboxylic acids is 1. The quantitative estimate of drug-likeness (QED) is 0.742. The number of carbonyl (C=O) groups is 1. The third-order valence-electron chi connectivity index (χ3n) is 2.43. The van der Waals surface area contributed by atoms with Crippen LogP contribution in [0.2, 0.25) is 0 Å². The number of aryl methyl sites for hydroxylation is 2. The average Bonchev–Trinajstić information content (AvgIpc) is 2.86. The molecule has 104 valence electrons. The molecule has 20 heavy (non-hydrogen) atoms. The van der Waals surface area contributed by atoms with E-state index in [-0.39, 0.29) is 5.78 Å². The Morgan fingerprint density at radius 3 is 1.70 bits per heavy atom. The second kappa shape index (κ2) is 6.32. The molecule has 0 aliphatic rings. The third kappa shape index (κ3) is 3.77. The molecule has 2 heterocycles. The highest BCUT2D eigenvalue weighted by Gasteiger charge is 2.02. The van der Waals surface area contributed by atoms with E-state index in [1.54, 1.807) is 21.5 Å². The van der Waals surface area contributed by atoms with Gasteiger partial charge < -0.3 is 0 Å². The van der Waals surface area contributed by atoms with E-state index in [0.717, 1.165) is 8.95 Å². The molecule has 0 saturated heterocycles. The van der Waals surface area contributed by atoms with Gasteiger partial charge in [-0.1, -0.05) is 0 Å². The Hall–Kier alpha value is -1.47. The number of allylic oxidation sites excluding steroid dienone is 2. The largest absolute Gasteiger partial charge is 0.290 e. The Morgan fingerprint density at radius 1 is 1.00 bits per heavy atom. The van der Waals surface area contributed by atoms with Crippen molar-refractivity contribution >= 4 is 49.8 Å². The Morgan fingerprint density at radius 2 is 1.40 bits per heavy atom. The van der Waals surface area contributed by atoms with Crippen molar-refractivity contribution in [3.05, 3.63) is 44.9 Å². The molecule has 0 unspecified atom stereocenters. The van der Waals surface area contributed by atoms with Gasteiger partial charge in [-0.25, -0.2) is 0 Å². The van der Waals surface area contributed by atoms with Crippen LogP contribution in [0, 0.1) is 0 Å². The van der Waals surface area contributed by atoms with Crippen molar-refractivity contribution in [1.82, 2.24) is 19.6 Å². The minimum absolute atomic E-state index is 0.125. The fraction of sp³-hybridized carbons (Fsp3) is 0.154. The highest BCUT2D eigenvalue weighted by Crippen LogP contribution is 2.16. The normalized spacial score (nSPS) is 11.8. The highest BCUT2D eigenvalue weighted by atomic mass is 79.9.